The van der Waals surface area contributed by atoms with Gasteiger partial charge >= 0.3 is 18.1 Å². The van der Waals surface area contributed by atoms with E-state index in [0.717, 1.165) is 31.6 Å². The molecule has 0 saturated carbocycles. The summed E-state index contributed by atoms with van der Waals surface area (Å²) in [6, 6.07) is 5.26. The normalized spacial score (nSPS) is 16.4. The SMILES string of the molecule is CCCC(=O)Nc1ccc(N2CCCC(C)C2)cc1C(=O)O.O=C(O)C(F)(F)F. The molecule has 3 N–H and O–H groups in total. The molecule has 1 fully saturated rings. The first kappa shape index (κ1) is 24.3. The molecule has 10 heteroatoms. The Morgan fingerprint density at radius 2 is 1.86 bits per heavy atom. The van der Waals surface area contributed by atoms with Crippen molar-refractivity contribution in [2.24, 2.45) is 5.92 Å². The standard InChI is InChI=1S/C17H24N2O3.C2HF3O2/c1-3-5-16(20)18-15-8-7-13(10-14(15)17(21)22)19-9-4-6-12(2)11-19;3-2(4,5)1(6)7/h7-8,10,12H,3-6,9,11H2,1-2H3,(H,18,20)(H,21,22);(H,6,7). The van der Waals surface area contributed by atoms with Crippen molar-refractivity contribution in [3.05, 3.63) is 23.8 Å². The van der Waals surface area contributed by atoms with Gasteiger partial charge in [0.05, 0.1) is 11.3 Å². The number of aromatic carboxylic acids is 1. The number of carboxylic acids is 2. The number of carboxylic acid groups (broad SMARTS) is 2. The van der Waals surface area contributed by atoms with Crippen LogP contribution >= 0.6 is 0 Å². The number of halogens is 3. The van der Waals surface area contributed by atoms with Crippen molar-refractivity contribution < 1.29 is 37.8 Å². The molecule has 0 radical (unpaired) electrons. The molecule has 1 aromatic rings. The van der Waals surface area contributed by atoms with Crippen molar-refractivity contribution in [2.45, 2.75) is 45.7 Å². The maximum atomic E-state index is 11.7. The van der Waals surface area contributed by atoms with E-state index in [0.29, 0.717) is 18.0 Å². The third-order valence-electron chi connectivity index (χ3n) is 4.25. The number of piperidine rings is 1. The van der Waals surface area contributed by atoms with Gasteiger partial charge in [0.2, 0.25) is 5.91 Å². The molecule has 162 valence electrons. The van der Waals surface area contributed by atoms with Gasteiger partial charge in [-0.1, -0.05) is 13.8 Å². The minimum atomic E-state index is -5.08. The monoisotopic (exact) mass is 418 g/mol. The van der Waals surface area contributed by atoms with E-state index >= 15 is 0 Å². The minimum absolute atomic E-state index is 0.149. The van der Waals surface area contributed by atoms with Gasteiger partial charge in [0.1, 0.15) is 0 Å². The van der Waals surface area contributed by atoms with E-state index in [4.69, 9.17) is 9.90 Å². The Kier molecular flexibility index (Phi) is 8.93. The molecule has 1 aliphatic heterocycles. The van der Waals surface area contributed by atoms with Crippen LogP contribution in [0.15, 0.2) is 18.2 Å². The summed E-state index contributed by atoms with van der Waals surface area (Å²) < 4.78 is 31.7. The van der Waals surface area contributed by atoms with Crippen molar-refractivity contribution in [1.29, 1.82) is 0 Å². The molecule has 0 bridgehead atoms. The number of amides is 1. The average Bonchev–Trinajstić information content (AvgIpc) is 2.61. The zero-order chi connectivity index (χ0) is 22.2. The summed E-state index contributed by atoms with van der Waals surface area (Å²) in [5, 5.41) is 19.2. The first-order chi connectivity index (χ1) is 13.5. The highest BCUT2D eigenvalue weighted by molar-refractivity contribution is 6.01. The van der Waals surface area contributed by atoms with Crippen LogP contribution in [-0.2, 0) is 9.59 Å². The number of alkyl halides is 3. The van der Waals surface area contributed by atoms with Gasteiger partial charge in [-0.3, -0.25) is 4.79 Å². The summed E-state index contributed by atoms with van der Waals surface area (Å²) in [4.78, 5) is 34.3. The van der Waals surface area contributed by atoms with Crippen LogP contribution in [0.5, 0.6) is 0 Å². The molecule has 7 nitrogen and oxygen atoms in total. The Bertz CT molecular complexity index is 737. The summed E-state index contributed by atoms with van der Waals surface area (Å²) in [5.41, 5.74) is 1.44. The lowest BCUT2D eigenvalue weighted by atomic mass is 9.99. The lowest BCUT2D eigenvalue weighted by Crippen LogP contribution is -2.34. The Balaban J connectivity index is 0.000000516. The summed E-state index contributed by atoms with van der Waals surface area (Å²) in [7, 11) is 0. The lowest BCUT2D eigenvalue weighted by Gasteiger charge is -2.33. The Labute approximate surface area is 166 Å². The van der Waals surface area contributed by atoms with Crippen molar-refractivity contribution in [3.63, 3.8) is 0 Å². The number of anilines is 2. The molecule has 0 aromatic heterocycles. The van der Waals surface area contributed by atoms with E-state index in [9.17, 15) is 27.9 Å². The zero-order valence-corrected chi connectivity index (χ0v) is 16.3. The molecule has 1 saturated heterocycles. The fourth-order valence-electron chi connectivity index (χ4n) is 2.88. The fourth-order valence-corrected chi connectivity index (χ4v) is 2.88. The molecule has 0 aliphatic carbocycles. The smallest absolute Gasteiger partial charge is 0.478 e. The van der Waals surface area contributed by atoms with Gasteiger partial charge in [0.15, 0.2) is 0 Å². The van der Waals surface area contributed by atoms with E-state index in [1.165, 1.54) is 6.42 Å². The van der Waals surface area contributed by atoms with Gasteiger partial charge in [0, 0.05) is 25.2 Å². The number of hydrogen-bond donors (Lipinski definition) is 3. The number of aliphatic carboxylic acids is 1. The van der Waals surface area contributed by atoms with Crippen molar-refractivity contribution in [3.8, 4) is 0 Å². The lowest BCUT2D eigenvalue weighted by molar-refractivity contribution is -0.192. The van der Waals surface area contributed by atoms with Gasteiger partial charge in [0.25, 0.3) is 0 Å². The van der Waals surface area contributed by atoms with Crippen LogP contribution in [0.25, 0.3) is 0 Å². The Morgan fingerprint density at radius 1 is 1.24 bits per heavy atom. The van der Waals surface area contributed by atoms with Crippen molar-refractivity contribution >= 4 is 29.2 Å². The van der Waals surface area contributed by atoms with Gasteiger partial charge < -0.3 is 20.4 Å². The molecular formula is C19H25F3N2O5. The second kappa shape index (κ2) is 10.7. The molecule has 0 spiro atoms. The van der Waals surface area contributed by atoms with Crippen LogP contribution in [0.4, 0.5) is 24.5 Å². The second-order valence-corrected chi connectivity index (χ2v) is 6.83. The van der Waals surface area contributed by atoms with Crippen LogP contribution < -0.4 is 10.2 Å². The van der Waals surface area contributed by atoms with Gasteiger partial charge in [-0.2, -0.15) is 13.2 Å². The molecule has 1 aliphatic rings. The van der Waals surface area contributed by atoms with Gasteiger partial charge in [-0.05, 0) is 43.4 Å². The van der Waals surface area contributed by atoms with E-state index < -0.39 is 18.1 Å². The maximum absolute atomic E-state index is 11.7. The van der Waals surface area contributed by atoms with Crippen LogP contribution in [0.3, 0.4) is 0 Å². The minimum Gasteiger partial charge on any atom is -0.478 e. The fraction of sp³-hybridized carbons (Fsp3) is 0.526. The number of rotatable bonds is 5. The maximum Gasteiger partial charge on any atom is 0.490 e. The van der Waals surface area contributed by atoms with Crippen molar-refractivity contribution in [2.75, 3.05) is 23.3 Å². The first-order valence-corrected chi connectivity index (χ1v) is 9.18. The van der Waals surface area contributed by atoms with Crippen molar-refractivity contribution in [1.82, 2.24) is 0 Å². The Morgan fingerprint density at radius 3 is 2.34 bits per heavy atom. The number of nitrogens with zero attached hydrogens (tertiary/aromatic N) is 1. The molecular weight excluding hydrogens is 393 g/mol. The third-order valence-corrected chi connectivity index (χ3v) is 4.25. The predicted octanol–water partition coefficient (Wildman–Crippen LogP) is 3.99. The highest BCUT2D eigenvalue weighted by atomic mass is 19.4. The number of hydrogen-bond acceptors (Lipinski definition) is 4. The van der Waals surface area contributed by atoms with Gasteiger partial charge in [-0.15, -0.1) is 0 Å². The van der Waals surface area contributed by atoms with Crippen LogP contribution in [-0.4, -0.2) is 47.3 Å². The van der Waals surface area contributed by atoms with E-state index in [1.54, 1.807) is 12.1 Å². The summed E-state index contributed by atoms with van der Waals surface area (Å²) in [5.74, 6) is -3.30. The van der Waals surface area contributed by atoms with Crippen LogP contribution in [0.2, 0.25) is 0 Å². The van der Waals surface area contributed by atoms with Gasteiger partial charge in [-0.25, -0.2) is 9.59 Å². The highest BCUT2D eigenvalue weighted by Crippen LogP contribution is 2.27. The molecule has 1 aromatic carbocycles. The molecule has 29 heavy (non-hydrogen) atoms. The molecule has 1 atom stereocenters. The van der Waals surface area contributed by atoms with E-state index in [2.05, 4.69) is 17.1 Å². The number of benzene rings is 1. The molecule has 1 heterocycles. The van der Waals surface area contributed by atoms with E-state index in [1.807, 2.05) is 13.0 Å². The summed E-state index contributed by atoms with van der Waals surface area (Å²) in [6.45, 7) is 6.02. The summed E-state index contributed by atoms with van der Waals surface area (Å²) >= 11 is 0. The average molecular weight is 418 g/mol. The largest absolute Gasteiger partial charge is 0.490 e. The van der Waals surface area contributed by atoms with E-state index in [-0.39, 0.29) is 11.5 Å². The summed E-state index contributed by atoms with van der Waals surface area (Å²) in [6.07, 6.45) is -1.62. The molecule has 1 unspecified atom stereocenters. The highest BCUT2D eigenvalue weighted by Gasteiger charge is 2.38. The van der Waals surface area contributed by atoms with Crippen LogP contribution in [0.1, 0.15) is 49.9 Å². The third kappa shape index (κ3) is 8.00. The Hall–Kier alpha value is -2.78. The number of nitrogens with one attached hydrogen (secondary N) is 1. The second-order valence-electron chi connectivity index (χ2n) is 6.83. The topological polar surface area (TPSA) is 107 Å². The molecule has 1 amide bonds. The van der Waals surface area contributed by atoms with Crippen LogP contribution in [0, 0.1) is 5.92 Å². The first-order valence-electron chi connectivity index (χ1n) is 9.18. The number of carbonyl (C=O) groups excluding carboxylic acids is 1. The zero-order valence-electron chi connectivity index (χ0n) is 16.3. The quantitative estimate of drug-likeness (QED) is 0.667. The molecule has 2 rings (SSSR count). The number of carbonyl (C=O) groups is 3. The predicted molar refractivity (Wildman–Crippen MR) is 101 cm³/mol.